The number of rotatable bonds is 7. The maximum atomic E-state index is 14.0. The molecule has 12 nitrogen and oxygen atoms in total. The lowest BCUT2D eigenvalue weighted by molar-refractivity contribution is -0.182. The summed E-state index contributed by atoms with van der Waals surface area (Å²) >= 11 is 0. The van der Waals surface area contributed by atoms with Gasteiger partial charge in [-0.1, -0.05) is 0 Å². The zero-order chi connectivity index (χ0) is 33.7. The Bertz CT molecular complexity index is 1610. The SMILES string of the molecule is Cn1nccc1C(=O)N[C@H](c1cn2ncc([C@H]3C[C@](O)(C(F)F)CCN3C(=O)[C@@H]3CCC(F)(F)CO3)nc2n1)C1CCC(F)(F)CC1. The molecule has 2 N–H and O–H groups in total. The van der Waals surface area contributed by atoms with Crippen molar-refractivity contribution in [1.29, 1.82) is 0 Å². The van der Waals surface area contributed by atoms with E-state index in [4.69, 9.17) is 4.74 Å². The number of nitrogens with one attached hydrogen (secondary N) is 1. The van der Waals surface area contributed by atoms with Crippen LogP contribution in [0.2, 0.25) is 0 Å². The van der Waals surface area contributed by atoms with Gasteiger partial charge in [0.05, 0.1) is 35.9 Å². The van der Waals surface area contributed by atoms with Crippen molar-refractivity contribution in [2.75, 3.05) is 13.2 Å². The smallest absolute Gasteiger partial charge is 0.271 e. The summed E-state index contributed by atoms with van der Waals surface area (Å²) in [5.41, 5.74) is -1.95. The first kappa shape index (κ1) is 33.1. The normalized spacial score (nSPS) is 27.2. The number of imidazole rings is 1. The average molecular weight is 673 g/mol. The van der Waals surface area contributed by atoms with Crippen LogP contribution in [0.3, 0.4) is 0 Å². The van der Waals surface area contributed by atoms with E-state index in [1.54, 1.807) is 7.05 Å². The van der Waals surface area contributed by atoms with Crippen molar-refractivity contribution < 1.29 is 45.8 Å². The van der Waals surface area contributed by atoms with Crippen LogP contribution in [-0.4, -0.2) is 94.3 Å². The number of likely N-dealkylation sites (tertiary alicyclic amines) is 1. The van der Waals surface area contributed by atoms with Crippen LogP contribution in [0.25, 0.3) is 5.78 Å². The second-order valence-corrected chi connectivity index (χ2v) is 12.7. The standard InChI is InChI=1S/C29H34F6N8O4/c1-41-19(5-10-36-41)23(44)40-22(16-2-6-28(32,33)7-3-16)18-14-43-26(39-18)38-17(13-37-43)20-12-27(46,25(30)31)9-11-42(20)24(45)21-4-8-29(34,35)15-47-21/h5,10,13-14,16,20-22,25,46H,2-4,6-9,11-12,15H2,1H3,(H,40,44)/t20-,21+,22+,27+/m1/s1. The molecule has 3 fully saturated rings. The van der Waals surface area contributed by atoms with Crippen molar-refractivity contribution in [3.05, 3.63) is 41.7 Å². The lowest BCUT2D eigenvalue weighted by Gasteiger charge is -2.44. The van der Waals surface area contributed by atoms with Crippen LogP contribution in [0.5, 0.6) is 0 Å². The van der Waals surface area contributed by atoms with Crippen LogP contribution in [0.15, 0.2) is 24.7 Å². The lowest BCUT2D eigenvalue weighted by Crippen LogP contribution is -2.55. The van der Waals surface area contributed by atoms with Gasteiger partial charge in [0.15, 0.2) is 0 Å². The van der Waals surface area contributed by atoms with Gasteiger partial charge in [-0.25, -0.2) is 40.8 Å². The summed E-state index contributed by atoms with van der Waals surface area (Å²) in [7, 11) is 1.58. The fraction of sp³-hybridized carbons (Fsp3) is 0.655. The number of nitrogens with zero attached hydrogens (tertiary/aromatic N) is 7. The molecule has 0 spiro atoms. The highest BCUT2D eigenvalue weighted by molar-refractivity contribution is 5.92. The molecule has 2 amide bonds. The van der Waals surface area contributed by atoms with Gasteiger partial charge < -0.3 is 20.1 Å². The number of hydrogen-bond acceptors (Lipinski definition) is 8. The topological polar surface area (TPSA) is 140 Å². The van der Waals surface area contributed by atoms with Crippen LogP contribution < -0.4 is 5.32 Å². The predicted octanol–water partition coefficient (Wildman–Crippen LogP) is 3.63. The first-order chi connectivity index (χ1) is 22.1. The van der Waals surface area contributed by atoms with Crippen molar-refractivity contribution in [3.8, 4) is 0 Å². The minimum absolute atomic E-state index is 0.00990. The van der Waals surface area contributed by atoms with Crippen LogP contribution in [-0.2, 0) is 16.6 Å². The Labute approximate surface area is 264 Å². The first-order valence-electron chi connectivity index (χ1n) is 15.3. The highest BCUT2D eigenvalue weighted by Gasteiger charge is 2.49. The van der Waals surface area contributed by atoms with Crippen molar-refractivity contribution in [2.45, 2.75) is 93.4 Å². The number of aliphatic hydroxyl groups is 1. The maximum absolute atomic E-state index is 14.0. The summed E-state index contributed by atoms with van der Waals surface area (Å²) in [6, 6.07) is -0.541. The van der Waals surface area contributed by atoms with E-state index < -0.39 is 85.7 Å². The molecule has 1 saturated carbocycles. The molecular weight excluding hydrogens is 638 g/mol. The first-order valence-corrected chi connectivity index (χ1v) is 15.3. The van der Waals surface area contributed by atoms with Gasteiger partial charge in [-0.15, -0.1) is 0 Å². The molecule has 256 valence electrons. The fourth-order valence-electron chi connectivity index (χ4n) is 6.60. The van der Waals surface area contributed by atoms with E-state index in [9.17, 15) is 41.0 Å². The quantitative estimate of drug-likeness (QED) is 0.363. The van der Waals surface area contributed by atoms with Crippen molar-refractivity contribution in [2.24, 2.45) is 13.0 Å². The number of amides is 2. The fourth-order valence-corrected chi connectivity index (χ4v) is 6.60. The van der Waals surface area contributed by atoms with E-state index in [1.165, 1.54) is 38.8 Å². The average Bonchev–Trinajstić information content (AvgIpc) is 3.65. The summed E-state index contributed by atoms with van der Waals surface area (Å²) < 4.78 is 91.1. The predicted molar refractivity (Wildman–Crippen MR) is 150 cm³/mol. The van der Waals surface area contributed by atoms with Gasteiger partial charge in [-0.3, -0.25) is 14.3 Å². The van der Waals surface area contributed by atoms with E-state index in [-0.39, 0.29) is 61.5 Å². The molecule has 1 aliphatic carbocycles. The number of alkyl halides is 6. The summed E-state index contributed by atoms with van der Waals surface area (Å²) in [5, 5.41) is 21.9. The van der Waals surface area contributed by atoms with E-state index in [0.717, 1.165) is 0 Å². The Morgan fingerprint density at radius 2 is 1.77 bits per heavy atom. The van der Waals surface area contributed by atoms with Gasteiger partial charge in [0, 0.05) is 45.5 Å². The van der Waals surface area contributed by atoms with Crippen LogP contribution in [0, 0.1) is 5.92 Å². The van der Waals surface area contributed by atoms with Crippen molar-refractivity contribution >= 4 is 17.6 Å². The molecule has 5 heterocycles. The third-order valence-electron chi connectivity index (χ3n) is 9.41. The van der Waals surface area contributed by atoms with Crippen LogP contribution in [0.1, 0.15) is 85.3 Å². The van der Waals surface area contributed by atoms with Gasteiger partial charge in [-0.2, -0.15) is 10.2 Å². The second-order valence-electron chi connectivity index (χ2n) is 12.7. The van der Waals surface area contributed by atoms with E-state index in [0.29, 0.717) is 0 Å². The Morgan fingerprint density at radius 1 is 1.04 bits per heavy atom. The molecule has 3 aliphatic rings. The summed E-state index contributed by atoms with van der Waals surface area (Å²) in [6.07, 6.45) is -2.70. The Hall–Kier alpha value is -3.80. The molecule has 47 heavy (non-hydrogen) atoms. The van der Waals surface area contributed by atoms with E-state index in [1.807, 2.05) is 0 Å². The number of piperidine rings is 1. The van der Waals surface area contributed by atoms with E-state index in [2.05, 4.69) is 25.5 Å². The zero-order valence-corrected chi connectivity index (χ0v) is 25.3. The molecule has 2 aliphatic heterocycles. The number of fused-ring (bicyclic) bond motifs is 1. The van der Waals surface area contributed by atoms with Crippen molar-refractivity contribution in [3.63, 3.8) is 0 Å². The second kappa shape index (κ2) is 12.3. The molecular formula is C29H34F6N8O4. The zero-order valence-electron chi connectivity index (χ0n) is 25.3. The van der Waals surface area contributed by atoms with Gasteiger partial charge in [-0.05, 0) is 37.7 Å². The van der Waals surface area contributed by atoms with Gasteiger partial charge in [0.1, 0.15) is 24.0 Å². The summed E-state index contributed by atoms with van der Waals surface area (Å²) in [6.45, 7) is -1.27. The Morgan fingerprint density at radius 3 is 2.40 bits per heavy atom. The minimum Gasteiger partial charge on any atom is -0.384 e. The molecule has 0 radical (unpaired) electrons. The molecule has 2 saturated heterocycles. The molecule has 3 aromatic rings. The number of ether oxygens (including phenoxy) is 1. The highest BCUT2D eigenvalue weighted by atomic mass is 19.3. The molecule has 0 aromatic carbocycles. The number of aromatic nitrogens is 6. The molecule has 18 heteroatoms. The third kappa shape index (κ3) is 6.79. The molecule has 0 bridgehead atoms. The molecule has 6 rings (SSSR count). The van der Waals surface area contributed by atoms with Crippen molar-refractivity contribution in [1.82, 2.24) is 39.6 Å². The van der Waals surface area contributed by atoms with Crippen LogP contribution in [0.4, 0.5) is 26.3 Å². The Balaban J connectivity index is 1.31. The van der Waals surface area contributed by atoms with Gasteiger partial charge in [0.25, 0.3) is 29.9 Å². The summed E-state index contributed by atoms with van der Waals surface area (Å²) in [5.74, 6) is -7.55. The van der Waals surface area contributed by atoms with Gasteiger partial charge >= 0.3 is 0 Å². The molecule has 0 unspecified atom stereocenters. The van der Waals surface area contributed by atoms with E-state index >= 15 is 0 Å². The summed E-state index contributed by atoms with van der Waals surface area (Å²) in [4.78, 5) is 36.8. The molecule has 4 atom stereocenters. The number of hydrogen-bond donors (Lipinski definition) is 2. The number of carbonyl (C=O) groups is 2. The number of carbonyl (C=O) groups excluding carboxylic acids is 2. The number of aryl methyl sites for hydroxylation is 1. The number of halogens is 6. The minimum atomic E-state index is -3.15. The Kier molecular flexibility index (Phi) is 8.69. The lowest BCUT2D eigenvalue weighted by atomic mass is 9.81. The highest BCUT2D eigenvalue weighted by Crippen LogP contribution is 2.43. The monoisotopic (exact) mass is 672 g/mol. The maximum Gasteiger partial charge on any atom is 0.271 e. The van der Waals surface area contributed by atoms with Gasteiger partial charge in [0.2, 0.25) is 5.92 Å². The third-order valence-corrected chi connectivity index (χ3v) is 9.41. The largest absolute Gasteiger partial charge is 0.384 e. The molecule has 3 aromatic heterocycles. The van der Waals surface area contributed by atoms with Crippen LogP contribution >= 0.6 is 0 Å².